The Balaban J connectivity index is 0.00000544. The van der Waals surface area contributed by atoms with E-state index in [9.17, 15) is 4.79 Å². The number of aliphatic imine (C=N–C) groups is 1. The Labute approximate surface area is 216 Å². The molecule has 0 bridgehead atoms. The normalized spacial score (nSPS) is 14.9. The summed E-state index contributed by atoms with van der Waals surface area (Å²) in [6.07, 6.45) is 1.78. The molecule has 1 aliphatic heterocycles. The van der Waals surface area contributed by atoms with Crippen LogP contribution in [-0.2, 0) is 11.3 Å². The molecule has 188 valence electrons. The van der Waals surface area contributed by atoms with Gasteiger partial charge in [0.15, 0.2) is 17.5 Å². The molecule has 0 spiro atoms. The summed E-state index contributed by atoms with van der Waals surface area (Å²) in [5.41, 5.74) is 0.538. The number of nitrogens with zero attached hydrogens (tertiary/aromatic N) is 3. The lowest BCUT2D eigenvalue weighted by Gasteiger charge is -2.36. The number of piperidine rings is 1. The van der Waals surface area contributed by atoms with Gasteiger partial charge in [-0.15, -0.1) is 24.0 Å². The summed E-state index contributed by atoms with van der Waals surface area (Å²) >= 11 is 0. The van der Waals surface area contributed by atoms with E-state index in [1.54, 1.807) is 21.3 Å². The SMILES string of the molecule is CCN(CC1CCN(C(=NC)NCc2cccc(OC)c2OC)CC1)C(=O)OC(C)(C)C.I. The number of halogens is 1. The van der Waals surface area contributed by atoms with Gasteiger partial charge in [0, 0.05) is 45.3 Å². The molecule has 2 rings (SSSR count). The van der Waals surface area contributed by atoms with Crippen molar-refractivity contribution in [3.05, 3.63) is 23.8 Å². The number of guanidine groups is 1. The number of nitrogens with one attached hydrogen (secondary N) is 1. The van der Waals surface area contributed by atoms with Crippen molar-refractivity contribution in [1.29, 1.82) is 0 Å². The highest BCUT2D eigenvalue weighted by molar-refractivity contribution is 14.0. The summed E-state index contributed by atoms with van der Waals surface area (Å²) < 4.78 is 16.5. The third-order valence-electron chi connectivity index (χ3n) is 5.56. The molecule has 0 aliphatic carbocycles. The molecule has 0 unspecified atom stereocenters. The molecule has 9 heteroatoms. The van der Waals surface area contributed by atoms with Crippen LogP contribution in [0.1, 0.15) is 46.1 Å². The highest BCUT2D eigenvalue weighted by Crippen LogP contribution is 2.30. The molecule has 8 nitrogen and oxygen atoms in total. The first kappa shape index (κ1) is 29.1. The molecule has 0 saturated carbocycles. The number of ether oxygens (including phenoxy) is 3. The summed E-state index contributed by atoms with van der Waals surface area (Å²) in [4.78, 5) is 21.0. The fourth-order valence-corrected chi connectivity index (χ4v) is 3.90. The van der Waals surface area contributed by atoms with Crippen LogP contribution in [-0.4, -0.2) is 74.9 Å². The van der Waals surface area contributed by atoms with Crippen LogP contribution in [0.3, 0.4) is 0 Å². The molecule has 1 amide bonds. The second-order valence-electron chi connectivity index (χ2n) is 9.00. The van der Waals surface area contributed by atoms with Gasteiger partial charge in [-0.25, -0.2) is 4.79 Å². The van der Waals surface area contributed by atoms with Crippen LogP contribution in [0.4, 0.5) is 4.79 Å². The van der Waals surface area contributed by atoms with Gasteiger partial charge in [0.05, 0.1) is 14.2 Å². The number of likely N-dealkylation sites (tertiary alicyclic amines) is 1. The molecule has 1 heterocycles. The maximum Gasteiger partial charge on any atom is 0.410 e. The quantitative estimate of drug-likeness (QED) is 0.295. The molecular weight excluding hydrogens is 535 g/mol. The van der Waals surface area contributed by atoms with E-state index in [-0.39, 0.29) is 30.1 Å². The molecule has 1 N–H and O–H groups in total. The monoisotopic (exact) mass is 576 g/mol. The Bertz CT molecular complexity index is 774. The van der Waals surface area contributed by atoms with Crippen molar-refractivity contribution in [1.82, 2.24) is 15.1 Å². The minimum atomic E-state index is -0.475. The first-order valence-corrected chi connectivity index (χ1v) is 11.4. The first-order chi connectivity index (χ1) is 15.2. The Hall–Kier alpha value is -1.91. The summed E-state index contributed by atoms with van der Waals surface area (Å²) in [6.45, 7) is 11.5. The fourth-order valence-electron chi connectivity index (χ4n) is 3.90. The lowest BCUT2D eigenvalue weighted by molar-refractivity contribution is 0.0214. The summed E-state index contributed by atoms with van der Waals surface area (Å²) in [5.74, 6) is 2.77. The zero-order chi connectivity index (χ0) is 23.7. The van der Waals surface area contributed by atoms with Crippen LogP contribution >= 0.6 is 24.0 Å². The topological polar surface area (TPSA) is 75.6 Å². The molecule has 1 aromatic carbocycles. The lowest BCUT2D eigenvalue weighted by atomic mass is 9.96. The highest BCUT2D eigenvalue weighted by atomic mass is 127. The van der Waals surface area contributed by atoms with Gasteiger partial charge in [0.2, 0.25) is 0 Å². The predicted octanol–water partition coefficient (Wildman–Crippen LogP) is 4.37. The van der Waals surface area contributed by atoms with E-state index in [4.69, 9.17) is 14.2 Å². The van der Waals surface area contributed by atoms with Crippen molar-refractivity contribution in [2.75, 3.05) is 47.4 Å². The molecule has 1 aromatic rings. The zero-order valence-corrected chi connectivity index (χ0v) is 23.5. The molecular formula is C24H41IN4O4. The highest BCUT2D eigenvalue weighted by Gasteiger charge is 2.27. The first-order valence-electron chi connectivity index (χ1n) is 11.4. The largest absolute Gasteiger partial charge is 0.493 e. The minimum absolute atomic E-state index is 0. The third kappa shape index (κ3) is 8.75. The molecule has 1 aliphatic rings. The second kappa shape index (κ2) is 13.7. The Morgan fingerprint density at radius 1 is 1.21 bits per heavy atom. The van der Waals surface area contributed by atoms with Gasteiger partial charge >= 0.3 is 6.09 Å². The molecule has 1 fully saturated rings. The van der Waals surface area contributed by atoms with Crippen molar-refractivity contribution in [2.45, 2.75) is 52.7 Å². The maximum absolute atomic E-state index is 12.4. The maximum atomic E-state index is 12.4. The molecule has 0 radical (unpaired) electrons. The fraction of sp³-hybridized carbons (Fsp3) is 0.667. The van der Waals surface area contributed by atoms with Crippen molar-refractivity contribution in [3.63, 3.8) is 0 Å². The smallest absolute Gasteiger partial charge is 0.410 e. The van der Waals surface area contributed by atoms with Crippen molar-refractivity contribution in [2.24, 2.45) is 10.9 Å². The average molecular weight is 577 g/mol. The zero-order valence-electron chi connectivity index (χ0n) is 21.1. The number of carbonyl (C=O) groups excluding carboxylic acids is 1. The Morgan fingerprint density at radius 2 is 1.88 bits per heavy atom. The Kier molecular flexibility index (Phi) is 12.1. The van der Waals surface area contributed by atoms with Gasteiger partial charge in [0.25, 0.3) is 0 Å². The van der Waals surface area contributed by atoms with Gasteiger partial charge < -0.3 is 29.3 Å². The van der Waals surface area contributed by atoms with Crippen LogP contribution in [0.25, 0.3) is 0 Å². The number of carbonyl (C=O) groups is 1. The van der Waals surface area contributed by atoms with Crippen LogP contribution in [0.5, 0.6) is 11.5 Å². The van der Waals surface area contributed by atoms with E-state index in [0.717, 1.165) is 49.7 Å². The predicted molar refractivity (Wildman–Crippen MR) is 143 cm³/mol. The van der Waals surface area contributed by atoms with E-state index in [1.165, 1.54) is 0 Å². The standard InChI is InChI=1S/C24H40N4O4.HI/c1-8-27(23(29)32-24(2,3)4)17-18-12-14-28(15-13-18)22(25-5)26-16-19-10-9-11-20(30-6)21(19)31-7;/h9-11,18H,8,12-17H2,1-7H3,(H,25,26);1H. The number of benzene rings is 1. The summed E-state index contributed by atoms with van der Waals surface area (Å²) in [5, 5.41) is 3.45. The molecule has 33 heavy (non-hydrogen) atoms. The average Bonchev–Trinajstić information content (AvgIpc) is 2.77. The van der Waals surface area contributed by atoms with E-state index in [1.807, 2.05) is 50.8 Å². The Morgan fingerprint density at radius 3 is 2.39 bits per heavy atom. The number of hydrogen-bond acceptors (Lipinski definition) is 5. The van der Waals surface area contributed by atoms with Crippen molar-refractivity contribution >= 4 is 36.0 Å². The van der Waals surface area contributed by atoms with Gasteiger partial charge in [-0.2, -0.15) is 0 Å². The number of amides is 1. The third-order valence-corrected chi connectivity index (χ3v) is 5.56. The van der Waals surface area contributed by atoms with Crippen LogP contribution in [0.2, 0.25) is 0 Å². The van der Waals surface area contributed by atoms with Gasteiger partial charge in [-0.05, 0) is 52.5 Å². The summed E-state index contributed by atoms with van der Waals surface area (Å²) in [7, 11) is 5.09. The molecule has 1 saturated heterocycles. The van der Waals surface area contributed by atoms with Crippen LogP contribution < -0.4 is 14.8 Å². The summed E-state index contributed by atoms with van der Waals surface area (Å²) in [6, 6.07) is 5.86. The van der Waals surface area contributed by atoms with Gasteiger partial charge in [0.1, 0.15) is 5.60 Å². The number of methoxy groups -OCH3 is 2. The lowest BCUT2D eigenvalue weighted by Crippen LogP contribution is -2.47. The molecule has 0 atom stereocenters. The van der Waals surface area contributed by atoms with Crippen LogP contribution in [0, 0.1) is 5.92 Å². The van der Waals surface area contributed by atoms with E-state index >= 15 is 0 Å². The molecule has 0 aromatic heterocycles. The van der Waals surface area contributed by atoms with Crippen molar-refractivity contribution < 1.29 is 19.0 Å². The minimum Gasteiger partial charge on any atom is -0.493 e. The van der Waals surface area contributed by atoms with E-state index in [0.29, 0.717) is 24.8 Å². The number of hydrogen-bond donors (Lipinski definition) is 1. The van der Waals surface area contributed by atoms with Crippen molar-refractivity contribution in [3.8, 4) is 11.5 Å². The number of para-hydroxylation sites is 1. The van der Waals surface area contributed by atoms with E-state index in [2.05, 4.69) is 15.2 Å². The van der Waals surface area contributed by atoms with E-state index < -0.39 is 5.60 Å². The second-order valence-corrected chi connectivity index (χ2v) is 9.00. The van der Waals surface area contributed by atoms with Gasteiger partial charge in [-0.3, -0.25) is 4.99 Å². The van der Waals surface area contributed by atoms with Gasteiger partial charge in [-0.1, -0.05) is 12.1 Å². The van der Waals surface area contributed by atoms with Crippen LogP contribution in [0.15, 0.2) is 23.2 Å². The number of rotatable bonds is 7.